The molecule has 0 aliphatic carbocycles. The van der Waals surface area contributed by atoms with Crippen LogP contribution in [0.25, 0.3) is 0 Å². The molecule has 114 valence electrons. The second-order valence-electron chi connectivity index (χ2n) is 5.74. The number of hydrogen-bond donors (Lipinski definition) is 0. The Morgan fingerprint density at radius 3 is 2.76 bits per heavy atom. The van der Waals surface area contributed by atoms with Gasteiger partial charge in [0.2, 0.25) is 0 Å². The second-order valence-corrected chi connectivity index (χ2v) is 6.98. The van der Waals surface area contributed by atoms with Crippen LogP contribution in [0, 0.1) is 3.57 Å². The molecule has 2 fully saturated rings. The van der Waals surface area contributed by atoms with Crippen molar-refractivity contribution < 1.29 is 9.53 Å². The van der Waals surface area contributed by atoms with E-state index in [-0.39, 0.29) is 5.91 Å². The van der Waals surface area contributed by atoms with Crippen molar-refractivity contribution in [3.63, 3.8) is 0 Å². The summed E-state index contributed by atoms with van der Waals surface area (Å²) in [6.07, 6.45) is 2.78. The summed E-state index contributed by atoms with van der Waals surface area (Å²) in [7, 11) is 0. The number of rotatable bonds is 3. The van der Waals surface area contributed by atoms with Gasteiger partial charge < -0.3 is 9.64 Å². The second kappa shape index (κ2) is 7.07. The maximum absolute atomic E-state index is 12.5. The number of ether oxygens (including phenoxy) is 1. The Morgan fingerprint density at radius 2 is 2.10 bits per heavy atom. The topological polar surface area (TPSA) is 32.8 Å². The van der Waals surface area contributed by atoms with Crippen LogP contribution in [-0.2, 0) is 4.74 Å². The number of nitrogens with zero attached hydrogens (tertiary/aromatic N) is 2. The lowest BCUT2D eigenvalue weighted by Gasteiger charge is -2.35. The Hall–Kier alpha value is -0.660. The first-order chi connectivity index (χ1) is 10.2. The molecule has 0 bridgehead atoms. The van der Waals surface area contributed by atoms with Crippen molar-refractivity contribution >= 4 is 28.5 Å². The van der Waals surface area contributed by atoms with Crippen molar-refractivity contribution in [2.45, 2.75) is 18.9 Å². The number of carbonyl (C=O) groups excluding carboxylic acids is 1. The molecular formula is C16H21IN2O2. The van der Waals surface area contributed by atoms with Crippen LogP contribution < -0.4 is 0 Å². The molecule has 4 nitrogen and oxygen atoms in total. The molecule has 2 aliphatic rings. The van der Waals surface area contributed by atoms with E-state index in [1.165, 1.54) is 12.8 Å². The number of benzene rings is 1. The molecule has 1 atom stereocenters. The van der Waals surface area contributed by atoms with Gasteiger partial charge in [-0.2, -0.15) is 0 Å². The Bertz CT molecular complexity index is 495. The lowest BCUT2D eigenvalue weighted by molar-refractivity contribution is 0.0432. The molecule has 2 saturated heterocycles. The SMILES string of the molecule is O=C(c1cccc(I)c1)N1CCN(CC2CCCO2)CC1. The normalized spacial score (nSPS) is 23.5. The van der Waals surface area contributed by atoms with E-state index >= 15 is 0 Å². The minimum atomic E-state index is 0.158. The van der Waals surface area contributed by atoms with Gasteiger partial charge in [0.15, 0.2) is 0 Å². The highest BCUT2D eigenvalue weighted by atomic mass is 127. The number of hydrogen-bond acceptors (Lipinski definition) is 3. The molecular weight excluding hydrogens is 379 g/mol. The van der Waals surface area contributed by atoms with Crippen LogP contribution in [0.2, 0.25) is 0 Å². The van der Waals surface area contributed by atoms with Gasteiger partial charge in [0.05, 0.1) is 6.10 Å². The molecule has 5 heteroatoms. The maximum atomic E-state index is 12.5. The molecule has 2 aliphatic heterocycles. The predicted molar refractivity (Wildman–Crippen MR) is 90.5 cm³/mol. The average Bonchev–Trinajstić information content (AvgIpc) is 3.00. The molecule has 0 saturated carbocycles. The van der Waals surface area contributed by atoms with Crippen molar-refractivity contribution in [2.24, 2.45) is 0 Å². The van der Waals surface area contributed by atoms with E-state index in [0.717, 1.165) is 48.5 Å². The minimum Gasteiger partial charge on any atom is -0.377 e. The molecule has 21 heavy (non-hydrogen) atoms. The quantitative estimate of drug-likeness (QED) is 0.730. The Morgan fingerprint density at radius 1 is 1.29 bits per heavy atom. The number of piperazine rings is 1. The summed E-state index contributed by atoms with van der Waals surface area (Å²) < 4.78 is 6.80. The third-order valence-corrected chi connectivity index (χ3v) is 4.89. The highest BCUT2D eigenvalue weighted by Crippen LogP contribution is 2.16. The molecule has 3 rings (SSSR count). The van der Waals surface area contributed by atoms with Gasteiger partial charge in [0.1, 0.15) is 0 Å². The zero-order chi connectivity index (χ0) is 14.7. The van der Waals surface area contributed by atoms with E-state index < -0.39 is 0 Å². The van der Waals surface area contributed by atoms with Gasteiger partial charge in [0, 0.05) is 48.5 Å². The van der Waals surface area contributed by atoms with Gasteiger partial charge in [-0.3, -0.25) is 9.69 Å². The summed E-state index contributed by atoms with van der Waals surface area (Å²) in [4.78, 5) is 16.9. The maximum Gasteiger partial charge on any atom is 0.253 e. The van der Waals surface area contributed by atoms with Crippen molar-refractivity contribution in [3.8, 4) is 0 Å². The van der Waals surface area contributed by atoms with E-state index in [1.54, 1.807) is 0 Å². The molecule has 1 amide bonds. The Kier molecular flexibility index (Phi) is 5.13. The summed E-state index contributed by atoms with van der Waals surface area (Å²) in [6, 6.07) is 7.82. The van der Waals surface area contributed by atoms with Crippen LogP contribution in [0.5, 0.6) is 0 Å². The monoisotopic (exact) mass is 400 g/mol. The van der Waals surface area contributed by atoms with E-state index in [0.29, 0.717) is 6.10 Å². The zero-order valence-electron chi connectivity index (χ0n) is 12.1. The molecule has 0 aromatic heterocycles. The highest BCUT2D eigenvalue weighted by Gasteiger charge is 2.25. The number of amides is 1. The molecule has 0 N–H and O–H groups in total. The average molecular weight is 400 g/mol. The van der Waals surface area contributed by atoms with E-state index in [4.69, 9.17) is 4.74 Å². The summed E-state index contributed by atoms with van der Waals surface area (Å²) in [5, 5.41) is 0. The van der Waals surface area contributed by atoms with Gasteiger partial charge in [0.25, 0.3) is 5.91 Å². The van der Waals surface area contributed by atoms with Crippen molar-refractivity contribution in [1.82, 2.24) is 9.80 Å². The van der Waals surface area contributed by atoms with E-state index in [9.17, 15) is 4.79 Å². The fourth-order valence-corrected chi connectivity index (χ4v) is 3.56. The van der Waals surface area contributed by atoms with Gasteiger partial charge in [-0.15, -0.1) is 0 Å². The van der Waals surface area contributed by atoms with Crippen molar-refractivity contribution in [3.05, 3.63) is 33.4 Å². The first kappa shape index (κ1) is 15.2. The third kappa shape index (κ3) is 3.96. The molecule has 0 radical (unpaired) electrons. The largest absolute Gasteiger partial charge is 0.377 e. The van der Waals surface area contributed by atoms with Crippen LogP contribution >= 0.6 is 22.6 Å². The smallest absolute Gasteiger partial charge is 0.253 e. The van der Waals surface area contributed by atoms with Crippen LogP contribution in [0.3, 0.4) is 0 Å². The minimum absolute atomic E-state index is 0.158. The lowest BCUT2D eigenvalue weighted by Crippen LogP contribution is -2.50. The highest BCUT2D eigenvalue weighted by molar-refractivity contribution is 14.1. The van der Waals surface area contributed by atoms with Crippen LogP contribution in [-0.4, -0.2) is 61.1 Å². The van der Waals surface area contributed by atoms with Gasteiger partial charge in [-0.25, -0.2) is 0 Å². The molecule has 1 aromatic carbocycles. The number of halogens is 1. The summed E-state index contributed by atoms with van der Waals surface area (Å²) in [5.41, 5.74) is 0.800. The van der Waals surface area contributed by atoms with Crippen LogP contribution in [0.15, 0.2) is 24.3 Å². The summed E-state index contributed by atoms with van der Waals surface area (Å²) >= 11 is 2.25. The summed E-state index contributed by atoms with van der Waals surface area (Å²) in [5.74, 6) is 0.158. The molecule has 2 heterocycles. The fourth-order valence-electron chi connectivity index (χ4n) is 3.01. The lowest BCUT2D eigenvalue weighted by atomic mass is 10.1. The number of carbonyl (C=O) groups is 1. The third-order valence-electron chi connectivity index (χ3n) is 4.22. The van der Waals surface area contributed by atoms with E-state index in [2.05, 4.69) is 27.5 Å². The Labute approximate surface area is 139 Å². The standard InChI is InChI=1S/C16H21IN2O2/c17-14-4-1-3-13(11-14)16(20)19-8-6-18(7-9-19)12-15-5-2-10-21-15/h1,3-4,11,15H,2,5-10,12H2. The van der Waals surface area contributed by atoms with E-state index in [1.807, 2.05) is 29.2 Å². The van der Waals surface area contributed by atoms with Gasteiger partial charge >= 0.3 is 0 Å². The van der Waals surface area contributed by atoms with Crippen LogP contribution in [0.4, 0.5) is 0 Å². The molecule has 1 unspecified atom stereocenters. The Balaban J connectivity index is 1.52. The first-order valence-corrected chi connectivity index (χ1v) is 8.69. The molecule has 0 spiro atoms. The summed E-state index contributed by atoms with van der Waals surface area (Å²) in [6.45, 7) is 5.47. The van der Waals surface area contributed by atoms with Crippen LogP contribution in [0.1, 0.15) is 23.2 Å². The predicted octanol–water partition coefficient (Wildman–Crippen LogP) is 2.23. The fraction of sp³-hybridized carbons (Fsp3) is 0.562. The first-order valence-electron chi connectivity index (χ1n) is 7.61. The van der Waals surface area contributed by atoms with Crippen molar-refractivity contribution in [1.29, 1.82) is 0 Å². The van der Waals surface area contributed by atoms with Gasteiger partial charge in [-0.1, -0.05) is 6.07 Å². The zero-order valence-corrected chi connectivity index (χ0v) is 14.3. The van der Waals surface area contributed by atoms with Gasteiger partial charge in [-0.05, 0) is 53.6 Å². The molecule has 1 aromatic rings. The van der Waals surface area contributed by atoms with Crippen molar-refractivity contribution in [2.75, 3.05) is 39.3 Å².